The SMILES string of the molecule is CC(=O)OCC1OC(n2ccc(O)cc2=O)C(OC(C)=O)C1OC(C)=O. The molecule has 0 saturated carbocycles. The number of carbonyl (C=O) groups is 3. The molecule has 1 aliphatic rings. The molecule has 0 aliphatic carbocycles. The normalized spacial score (nSPS) is 24.7. The van der Waals surface area contributed by atoms with Crippen molar-refractivity contribution in [2.45, 2.75) is 45.3 Å². The third-order valence-corrected chi connectivity index (χ3v) is 3.55. The quantitative estimate of drug-likeness (QED) is 0.557. The van der Waals surface area contributed by atoms with Gasteiger partial charge in [-0.3, -0.25) is 23.7 Å². The Balaban J connectivity index is 2.40. The Hall–Kier alpha value is -2.88. The van der Waals surface area contributed by atoms with Crippen molar-refractivity contribution in [3.05, 3.63) is 28.7 Å². The van der Waals surface area contributed by atoms with Gasteiger partial charge in [0.05, 0.1) is 0 Å². The lowest BCUT2D eigenvalue weighted by Crippen LogP contribution is -2.41. The smallest absolute Gasteiger partial charge is 0.303 e. The predicted octanol–water partition coefficient (Wildman–Crippen LogP) is -0.122. The van der Waals surface area contributed by atoms with Gasteiger partial charge in [-0.05, 0) is 6.07 Å². The minimum atomic E-state index is -1.15. The van der Waals surface area contributed by atoms with Gasteiger partial charge in [0.2, 0.25) is 0 Å². The Morgan fingerprint density at radius 1 is 1.12 bits per heavy atom. The summed E-state index contributed by atoms with van der Waals surface area (Å²) in [5, 5.41) is 9.39. The fourth-order valence-electron chi connectivity index (χ4n) is 2.61. The molecule has 0 spiro atoms. The number of rotatable bonds is 5. The molecule has 1 N–H and O–H groups in total. The van der Waals surface area contributed by atoms with E-state index in [2.05, 4.69) is 0 Å². The molecule has 1 fully saturated rings. The second kappa shape index (κ2) is 8.00. The molecule has 26 heavy (non-hydrogen) atoms. The van der Waals surface area contributed by atoms with E-state index in [1.165, 1.54) is 19.2 Å². The summed E-state index contributed by atoms with van der Waals surface area (Å²) in [6.07, 6.45) is -3.10. The lowest BCUT2D eigenvalue weighted by molar-refractivity contribution is -0.166. The van der Waals surface area contributed by atoms with Crippen LogP contribution in [0.4, 0.5) is 0 Å². The van der Waals surface area contributed by atoms with Crippen molar-refractivity contribution in [1.82, 2.24) is 4.57 Å². The van der Waals surface area contributed by atoms with E-state index >= 15 is 0 Å². The van der Waals surface area contributed by atoms with Crippen LogP contribution in [-0.4, -0.2) is 52.5 Å². The van der Waals surface area contributed by atoms with Crippen LogP contribution in [0, 0.1) is 0 Å². The Bertz CT molecular complexity index is 756. The van der Waals surface area contributed by atoms with Crippen LogP contribution in [0.25, 0.3) is 0 Å². The summed E-state index contributed by atoms with van der Waals surface area (Å²) in [4.78, 5) is 46.2. The van der Waals surface area contributed by atoms with Crippen LogP contribution in [0.15, 0.2) is 23.1 Å². The minimum Gasteiger partial charge on any atom is -0.508 e. The van der Waals surface area contributed by atoms with Gasteiger partial charge in [0.15, 0.2) is 18.4 Å². The monoisotopic (exact) mass is 369 g/mol. The predicted molar refractivity (Wildman–Crippen MR) is 84.0 cm³/mol. The van der Waals surface area contributed by atoms with Gasteiger partial charge in [-0.25, -0.2) is 0 Å². The molecule has 0 amide bonds. The first kappa shape index (κ1) is 19.4. The molecular weight excluding hydrogens is 350 g/mol. The number of hydrogen-bond donors (Lipinski definition) is 1. The molecule has 1 aliphatic heterocycles. The zero-order valence-electron chi connectivity index (χ0n) is 14.4. The molecule has 1 aromatic heterocycles. The van der Waals surface area contributed by atoms with Gasteiger partial charge in [0.25, 0.3) is 5.56 Å². The zero-order chi connectivity index (χ0) is 19.4. The van der Waals surface area contributed by atoms with Gasteiger partial charge in [-0.15, -0.1) is 0 Å². The van der Waals surface area contributed by atoms with Crippen molar-refractivity contribution in [3.8, 4) is 5.75 Å². The van der Waals surface area contributed by atoms with Crippen LogP contribution in [0.5, 0.6) is 5.75 Å². The van der Waals surface area contributed by atoms with Crippen molar-refractivity contribution in [2.24, 2.45) is 0 Å². The highest BCUT2D eigenvalue weighted by Gasteiger charge is 2.50. The third-order valence-electron chi connectivity index (χ3n) is 3.55. The fraction of sp³-hybridized carbons (Fsp3) is 0.500. The first-order valence-corrected chi connectivity index (χ1v) is 7.73. The van der Waals surface area contributed by atoms with E-state index < -0.39 is 48.0 Å². The fourth-order valence-corrected chi connectivity index (χ4v) is 2.61. The van der Waals surface area contributed by atoms with E-state index in [9.17, 15) is 24.3 Å². The molecule has 10 nitrogen and oxygen atoms in total. The number of aromatic hydroxyl groups is 1. The Kier molecular flexibility index (Phi) is 5.98. The van der Waals surface area contributed by atoms with Crippen molar-refractivity contribution >= 4 is 17.9 Å². The van der Waals surface area contributed by atoms with E-state index in [-0.39, 0.29) is 12.4 Å². The molecule has 4 unspecified atom stereocenters. The van der Waals surface area contributed by atoms with E-state index in [1.807, 2.05) is 0 Å². The molecule has 4 atom stereocenters. The summed E-state index contributed by atoms with van der Waals surface area (Å²) in [6, 6.07) is 2.20. The zero-order valence-corrected chi connectivity index (χ0v) is 14.4. The number of hydrogen-bond acceptors (Lipinski definition) is 9. The van der Waals surface area contributed by atoms with E-state index in [0.717, 1.165) is 24.5 Å². The molecule has 0 bridgehead atoms. The summed E-state index contributed by atoms with van der Waals surface area (Å²) < 4.78 is 22.1. The number of nitrogens with zero attached hydrogens (tertiary/aromatic N) is 1. The summed E-state index contributed by atoms with van der Waals surface area (Å²) in [5.41, 5.74) is -0.623. The topological polar surface area (TPSA) is 130 Å². The van der Waals surface area contributed by atoms with E-state index in [0.29, 0.717) is 0 Å². The van der Waals surface area contributed by atoms with Crippen molar-refractivity contribution < 1.29 is 38.4 Å². The third kappa shape index (κ3) is 4.60. The maximum absolute atomic E-state index is 12.1. The average molecular weight is 369 g/mol. The Morgan fingerprint density at radius 3 is 2.27 bits per heavy atom. The molecule has 2 rings (SSSR count). The molecular formula is C16H19NO9. The average Bonchev–Trinajstić information content (AvgIpc) is 2.82. The molecule has 142 valence electrons. The Morgan fingerprint density at radius 2 is 1.73 bits per heavy atom. The van der Waals surface area contributed by atoms with Crippen LogP contribution in [0.2, 0.25) is 0 Å². The molecule has 10 heteroatoms. The molecule has 0 aromatic carbocycles. The van der Waals surface area contributed by atoms with Gasteiger partial charge in [0.1, 0.15) is 18.5 Å². The van der Waals surface area contributed by atoms with Crippen molar-refractivity contribution in [3.63, 3.8) is 0 Å². The van der Waals surface area contributed by atoms with Gasteiger partial charge in [-0.2, -0.15) is 0 Å². The second-order valence-electron chi connectivity index (χ2n) is 5.65. The number of pyridine rings is 1. The second-order valence-corrected chi connectivity index (χ2v) is 5.65. The largest absolute Gasteiger partial charge is 0.508 e. The van der Waals surface area contributed by atoms with Gasteiger partial charge < -0.3 is 24.1 Å². The van der Waals surface area contributed by atoms with Gasteiger partial charge >= 0.3 is 17.9 Å². The number of aromatic nitrogens is 1. The van der Waals surface area contributed by atoms with Gasteiger partial charge in [0, 0.05) is 33.0 Å². The van der Waals surface area contributed by atoms with Crippen LogP contribution in [0.3, 0.4) is 0 Å². The standard InChI is InChI=1S/C16H19NO9/c1-8(18)23-7-12-14(24-9(2)19)15(25-10(3)20)16(26-12)17-5-4-11(21)6-13(17)22/h4-6,12,14-16,21H,7H2,1-3H3. The lowest BCUT2D eigenvalue weighted by Gasteiger charge is -2.24. The van der Waals surface area contributed by atoms with Crippen LogP contribution in [0.1, 0.15) is 27.0 Å². The van der Waals surface area contributed by atoms with Gasteiger partial charge in [-0.1, -0.05) is 0 Å². The van der Waals surface area contributed by atoms with E-state index in [4.69, 9.17) is 18.9 Å². The molecule has 2 heterocycles. The van der Waals surface area contributed by atoms with Crippen LogP contribution in [-0.2, 0) is 33.3 Å². The minimum absolute atomic E-state index is 0.249. The summed E-state index contributed by atoms with van der Waals surface area (Å²) in [7, 11) is 0. The lowest BCUT2D eigenvalue weighted by atomic mass is 10.1. The number of ether oxygens (including phenoxy) is 4. The van der Waals surface area contributed by atoms with Crippen molar-refractivity contribution in [2.75, 3.05) is 6.61 Å². The maximum atomic E-state index is 12.1. The first-order valence-electron chi connectivity index (χ1n) is 7.73. The van der Waals surface area contributed by atoms with Crippen LogP contribution >= 0.6 is 0 Å². The highest BCUT2D eigenvalue weighted by atomic mass is 16.7. The summed E-state index contributed by atoms with van der Waals surface area (Å²) in [6.45, 7) is 3.24. The van der Waals surface area contributed by atoms with Crippen molar-refractivity contribution in [1.29, 1.82) is 0 Å². The Labute approximate surface area is 148 Å². The molecule has 1 aromatic rings. The summed E-state index contributed by atoms with van der Waals surface area (Å²) >= 11 is 0. The molecule has 1 saturated heterocycles. The first-order chi connectivity index (χ1) is 12.2. The number of carbonyl (C=O) groups excluding carboxylic acids is 3. The summed E-state index contributed by atoms with van der Waals surface area (Å²) in [5.74, 6) is -2.17. The van der Waals surface area contributed by atoms with Crippen LogP contribution < -0.4 is 5.56 Å². The van der Waals surface area contributed by atoms with E-state index in [1.54, 1.807) is 0 Å². The highest BCUT2D eigenvalue weighted by molar-refractivity contribution is 5.68. The maximum Gasteiger partial charge on any atom is 0.303 e. The molecule has 0 radical (unpaired) electrons. The number of esters is 3. The highest BCUT2D eigenvalue weighted by Crippen LogP contribution is 2.33.